The van der Waals surface area contributed by atoms with E-state index in [4.69, 9.17) is 10.7 Å². The molecule has 5 atom stereocenters. The number of unbranched alkanes of at least 4 members (excludes halogenated alkanes) is 1. The van der Waals surface area contributed by atoms with Crippen molar-refractivity contribution in [1.29, 1.82) is 1.43 Å². The molecule has 3 rings (SSSR count). The van der Waals surface area contributed by atoms with Crippen molar-refractivity contribution in [1.82, 2.24) is 20.2 Å². The summed E-state index contributed by atoms with van der Waals surface area (Å²) in [5.74, 6) is 0.444. The van der Waals surface area contributed by atoms with Gasteiger partial charge in [0.1, 0.15) is 6.10 Å². The van der Waals surface area contributed by atoms with Crippen LogP contribution in [0.1, 0.15) is 89.6 Å². The number of fused-ring (bicyclic) bond motifs is 1. The first-order valence-corrected chi connectivity index (χ1v) is 18.3. The van der Waals surface area contributed by atoms with Gasteiger partial charge in [0, 0.05) is 48.7 Å². The third kappa shape index (κ3) is 10.9. The van der Waals surface area contributed by atoms with E-state index in [9.17, 15) is 19.3 Å². The maximum absolute atomic E-state index is 13.3. The number of imide groups is 1. The Morgan fingerprint density at radius 1 is 1.24 bits per heavy atom. The molecule has 13 heteroatoms. The van der Waals surface area contributed by atoms with Crippen LogP contribution < -0.4 is 10.6 Å². The van der Waals surface area contributed by atoms with Crippen LogP contribution in [-0.4, -0.2) is 107 Å². The molecule has 1 aromatic carbocycles. The standard InChI is InChI=1S/C32H53N4O7PS/c1-7-35(22(2)3)44(41)43-25(19-37)20-42-18-10-17-33-28(38)12-9-8-11-27-29-26(21-45-27)36(31(40)34-29)30(39)23-13-15-24(16-14-23)32(4,5)6/h13-16,22,25-27,29,37,41H,7-12,17-21H2,1-6H3,(H,33,38)(H,34,40)/t25?,26-,27?,29-,44?/m0/s1/i37D. The summed E-state index contributed by atoms with van der Waals surface area (Å²) < 4.78 is 20.2. The number of nitrogens with one attached hydrogen (secondary N) is 2. The molecule has 45 heavy (non-hydrogen) atoms. The highest BCUT2D eigenvalue weighted by Gasteiger charge is 2.50. The average Bonchev–Trinajstić information content (AvgIpc) is 3.53. The normalized spacial score (nSPS) is 21.5. The Labute approximate surface area is 275 Å². The molecule has 4 N–H and O–H groups in total. The Balaban J connectivity index is 1.30. The highest BCUT2D eigenvalue weighted by Crippen LogP contribution is 2.40. The number of amides is 4. The largest absolute Gasteiger partial charge is 0.394 e. The highest BCUT2D eigenvalue weighted by atomic mass is 32.2. The SMILES string of the molecule is [2H]OCC(COCCCNC(=O)CCCCC1SC[C@H]2[C@@H]1NC(=O)N2C(=O)c1ccc(C(C)(C)C)cc1)OP(O)N(CC)C(C)C. The van der Waals surface area contributed by atoms with Crippen molar-refractivity contribution in [3.05, 3.63) is 35.4 Å². The zero-order valence-electron chi connectivity index (χ0n) is 28.6. The lowest BCUT2D eigenvalue weighted by Gasteiger charge is -2.30. The molecule has 254 valence electrons. The summed E-state index contributed by atoms with van der Waals surface area (Å²) in [4.78, 5) is 50.2. The van der Waals surface area contributed by atoms with Crippen molar-refractivity contribution in [3.8, 4) is 0 Å². The van der Waals surface area contributed by atoms with E-state index in [1.807, 2.05) is 49.7 Å². The number of hydrogen-bond acceptors (Lipinski definition) is 9. The van der Waals surface area contributed by atoms with E-state index >= 15 is 0 Å². The molecule has 0 aliphatic carbocycles. The van der Waals surface area contributed by atoms with Crippen LogP contribution in [0, 0.1) is 0 Å². The van der Waals surface area contributed by atoms with Gasteiger partial charge in [-0.3, -0.25) is 14.5 Å². The van der Waals surface area contributed by atoms with E-state index in [1.165, 1.54) is 4.90 Å². The van der Waals surface area contributed by atoms with E-state index in [1.54, 1.807) is 11.8 Å². The van der Waals surface area contributed by atoms with Crippen molar-refractivity contribution in [2.45, 2.75) is 109 Å². The summed E-state index contributed by atoms with van der Waals surface area (Å²) >= 11 is 1.79. The Kier molecular flexibility index (Phi) is 14.4. The van der Waals surface area contributed by atoms with Gasteiger partial charge < -0.3 is 29.9 Å². The summed E-state index contributed by atoms with van der Waals surface area (Å²) in [5.41, 5.74) is 1.64. The summed E-state index contributed by atoms with van der Waals surface area (Å²) in [6.07, 6.45) is 2.96. The molecule has 0 radical (unpaired) electrons. The van der Waals surface area contributed by atoms with Crippen molar-refractivity contribution in [2.24, 2.45) is 0 Å². The van der Waals surface area contributed by atoms with Crippen LogP contribution in [0.3, 0.4) is 0 Å². The molecule has 0 spiro atoms. The van der Waals surface area contributed by atoms with Crippen molar-refractivity contribution < 1.29 is 33.6 Å². The van der Waals surface area contributed by atoms with Gasteiger partial charge in [-0.05, 0) is 56.2 Å². The Morgan fingerprint density at radius 2 is 1.98 bits per heavy atom. The van der Waals surface area contributed by atoms with Gasteiger partial charge in [0.25, 0.3) is 14.4 Å². The number of thioether (sulfide) groups is 1. The highest BCUT2D eigenvalue weighted by molar-refractivity contribution is 8.00. The molecule has 0 aromatic heterocycles. The minimum absolute atomic E-state index is 0.0107. The van der Waals surface area contributed by atoms with Crippen LogP contribution in [0.15, 0.2) is 24.3 Å². The lowest BCUT2D eigenvalue weighted by molar-refractivity contribution is -0.121. The summed E-state index contributed by atoms with van der Waals surface area (Å²) in [6, 6.07) is 7.09. The number of urea groups is 1. The lowest BCUT2D eigenvalue weighted by Crippen LogP contribution is -2.41. The molecule has 2 saturated heterocycles. The van der Waals surface area contributed by atoms with Crippen molar-refractivity contribution >= 4 is 38.1 Å². The minimum atomic E-state index is -1.81. The van der Waals surface area contributed by atoms with Gasteiger partial charge in [-0.15, -0.1) is 0 Å². The number of hydrogen-bond donors (Lipinski definition) is 4. The molecule has 0 bridgehead atoms. The zero-order chi connectivity index (χ0) is 33.9. The number of nitrogens with zero attached hydrogens (tertiary/aromatic N) is 2. The van der Waals surface area contributed by atoms with E-state index in [0.717, 1.165) is 24.8 Å². The Bertz CT molecular complexity index is 1130. The molecule has 2 aliphatic rings. The molecule has 1 aromatic rings. The Hall–Kier alpha value is -1.79. The predicted molar refractivity (Wildman–Crippen MR) is 179 cm³/mol. The molecule has 3 unspecified atom stereocenters. The van der Waals surface area contributed by atoms with Crippen LogP contribution in [0.25, 0.3) is 0 Å². The minimum Gasteiger partial charge on any atom is -0.394 e. The quantitative estimate of drug-likeness (QED) is 0.0958. The van der Waals surface area contributed by atoms with Gasteiger partial charge in [-0.1, -0.05) is 46.2 Å². The molecule has 2 aliphatic heterocycles. The van der Waals surface area contributed by atoms with E-state index in [2.05, 4.69) is 36.5 Å². The van der Waals surface area contributed by atoms with Gasteiger partial charge in [0.05, 0.1) is 25.3 Å². The van der Waals surface area contributed by atoms with Gasteiger partial charge in [0.15, 0.2) is 0 Å². The smallest absolute Gasteiger partial charge is 0.325 e. The fourth-order valence-corrected chi connectivity index (χ4v) is 8.28. The topological polar surface area (TPSA) is 141 Å². The second-order valence-electron chi connectivity index (χ2n) is 12.9. The second kappa shape index (κ2) is 17.9. The first kappa shape index (κ1) is 36.1. The summed E-state index contributed by atoms with van der Waals surface area (Å²) in [5, 5.41) is 10.7. The fraction of sp³-hybridized carbons (Fsp3) is 0.719. The number of aliphatic hydroxyl groups is 1. The number of aliphatic hydroxyl groups excluding tert-OH is 1. The molecular weight excluding hydrogens is 615 g/mol. The number of carbonyl (C=O) groups excluding carboxylic acids is 3. The molecule has 4 amide bonds. The van der Waals surface area contributed by atoms with Crippen LogP contribution in [0.5, 0.6) is 0 Å². The van der Waals surface area contributed by atoms with Crippen LogP contribution in [0.4, 0.5) is 4.79 Å². The number of carbonyl (C=O) groups is 3. The molecule has 2 heterocycles. The maximum Gasteiger partial charge on any atom is 0.325 e. The zero-order valence-corrected chi connectivity index (χ0v) is 29.3. The number of benzene rings is 1. The maximum atomic E-state index is 13.3. The van der Waals surface area contributed by atoms with Gasteiger partial charge in [0.2, 0.25) is 7.34 Å². The molecule has 11 nitrogen and oxygen atoms in total. The van der Waals surface area contributed by atoms with Gasteiger partial charge in [-0.2, -0.15) is 11.8 Å². The van der Waals surface area contributed by atoms with Crippen LogP contribution >= 0.6 is 20.3 Å². The number of ether oxygens (including phenoxy) is 1. The van der Waals surface area contributed by atoms with Gasteiger partial charge >= 0.3 is 6.03 Å². The first-order chi connectivity index (χ1) is 21.9. The van der Waals surface area contributed by atoms with E-state index in [0.29, 0.717) is 43.9 Å². The third-order valence-corrected chi connectivity index (χ3v) is 11.3. The first-order valence-electron chi connectivity index (χ1n) is 16.5. The van der Waals surface area contributed by atoms with Crippen molar-refractivity contribution in [2.75, 3.05) is 38.7 Å². The molecule has 2 fully saturated rings. The average molecular weight is 670 g/mol. The van der Waals surface area contributed by atoms with Crippen molar-refractivity contribution in [3.63, 3.8) is 0 Å². The van der Waals surface area contributed by atoms with Crippen LogP contribution in [0.2, 0.25) is 0 Å². The predicted octanol–water partition coefficient (Wildman–Crippen LogP) is 4.41. The summed E-state index contributed by atoms with van der Waals surface area (Å²) in [7, 11) is -1.81. The van der Waals surface area contributed by atoms with Gasteiger partial charge in [-0.25, -0.2) is 9.46 Å². The second-order valence-corrected chi connectivity index (χ2v) is 15.4. The van der Waals surface area contributed by atoms with Crippen LogP contribution in [-0.2, 0) is 19.5 Å². The lowest BCUT2D eigenvalue weighted by atomic mass is 9.86. The van der Waals surface area contributed by atoms with E-state index in [-0.39, 0.29) is 59.8 Å². The monoisotopic (exact) mass is 669 g/mol. The number of rotatable bonds is 19. The fourth-order valence-electron chi connectivity index (χ4n) is 5.54. The summed E-state index contributed by atoms with van der Waals surface area (Å²) in [6.45, 7) is 14.0. The Morgan fingerprint density at radius 3 is 2.62 bits per heavy atom. The van der Waals surface area contributed by atoms with E-state index < -0.39 is 14.6 Å². The molecular formula is C32H53N4O7PS. The third-order valence-electron chi connectivity index (χ3n) is 8.16. The molecule has 0 saturated carbocycles.